The van der Waals surface area contributed by atoms with Crippen LogP contribution in [0.3, 0.4) is 0 Å². The predicted octanol–water partition coefficient (Wildman–Crippen LogP) is 0.746. The monoisotopic (exact) mass is 272 g/mol. The standard InChI is InChI=1S/C11H17ClN4O2/c1-4-6(2)9(10(13)17)15-7-5-14-16(3)11(18)8(7)12/h5-6,9,15H,4H2,1-3H3,(H2,13,17)/t6-,9+/m0/s1. The Morgan fingerprint density at radius 3 is 2.78 bits per heavy atom. The topological polar surface area (TPSA) is 90.0 Å². The van der Waals surface area contributed by atoms with Gasteiger partial charge in [-0.15, -0.1) is 0 Å². The van der Waals surface area contributed by atoms with Crippen molar-refractivity contribution in [1.82, 2.24) is 9.78 Å². The maximum atomic E-state index is 11.6. The highest BCUT2D eigenvalue weighted by Crippen LogP contribution is 2.19. The van der Waals surface area contributed by atoms with Crippen molar-refractivity contribution < 1.29 is 4.79 Å². The van der Waals surface area contributed by atoms with E-state index in [1.165, 1.54) is 13.2 Å². The van der Waals surface area contributed by atoms with E-state index in [0.29, 0.717) is 5.69 Å². The van der Waals surface area contributed by atoms with Crippen molar-refractivity contribution in [3.8, 4) is 0 Å². The average molecular weight is 273 g/mol. The first-order valence-electron chi connectivity index (χ1n) is 5.66. The van der Waals surface area contributed by atoms with Crippen molar-refractivity contribution in [2.75, 3.05) is 5.32 Å². The number of amides is 1. The van der Waals surface area contributed by atoms with Crippen LogP contribution in [0.1, 0.15) is 20.3 Å². The lowest BCUT2D eigenvalue weighted by molar-refractivity contribution is -0.119. The minimum Gasteiger partial charge on any atom is -0.371 e. The van der Waals surface area contributed by atoms with Crippen LogP contribution in [0.5, 0.6) is 0 Å². The minimum atomic E-state index is -0.582. The number of aromatic nitrogens is 2. The molecule has 0 aromatic carbocycles. The second kappa shape index (κ2) is 5.86. The molecule has 6 nitrogen and oxygen atoms in total. The Kier molecular flexibility index (Phi) is 4.72. The number of carbonyl (C=O) groups excluding carboxylic acids is 1. The Bertz CT molecular complexity index is 500. The molecule has 1 rings (SSSR count). The highest BCUT2D eigenvalue weighted by atomic mass is 35.5. The van der Waals surface area contributed by atoms with Crippen molar-refractivity contribution in [1.29, 1.82) is 0 Å². The van der Waals surface area contributed by atoms with Gasteiger partial charge in [0.25, 0.3) is 5.56 Å². The minimum absolute atomic E-state index is 0.00190. The maximum Gasteiger partial charge on any atom is 0.287 e. The molecule has 0 spiro atoms. The van der Waals surface area contributed by atoms with Gasteiger partial charge in [0.2, 0.25) is 5.91 Å². The molecule has 1 aromatic rings. The number of halogens is 1. The Morgan fingerprint density at radius 1 is 1.67 bits per heavy atom. The molecular weight excluding hydrogens is 256 g/mol. The zero-order valence-corrected chi connectivity index (χ0v) is 11.4. The summed E-state index contributed by atoms with van der Waals surface area (Å²) in [5.41, 5.74) is 5.23. The predicted molar refractivity (Wildman–Crippen MR) is 70.5 cm³/mol. The van der Waals surface area contributed by atoms with Gasteiger partial charge in [0.15, 0.2) is 0 Å². The fourth-order valence-electron chi connectivity index (χ4n) is 1.51. The van der Waals surface area contributed by atoms with Crippen LogP contribution >= 0.6 is 11.6 Å². The van der Waals surface area contributed by atoms with Gasteiger partial charge in [-0.1, -0.05) is 31.9 Å². The van der Waals surface area contributed by atoms with E-state index >= 15 is 0 Å². The quantitative estimate of drug-likeness (QED) is 0.827. The Labute approximate surface area is 110 Å². The molecule has 0 saturated heterocycles. The summed E-state index contributed by atoms with van der Waals surface area (Å²) in [6, 6.07) is -0.582. The number of hydrogen-bond acceptors (Lipinski definition) is 4. The van der Waals surface area contributed by atoms with Crippen molar-refractivity contribution in [3.63, 3.8) is 0 Å². The Balaban J connectivity index is 3.05. The summed E-state index contributed by atoms with van der Waals surface area (Å²) in [7, 11) is 1.50. The summed E-state index contributed by atoms with van der Waals surface area (Å²) in [6.45, 7) is 3.84. The molecule has 2 atom stereocenters. The van der Waals surface area contributed by atoms with Gasteiger partial charge in [-0.2, -0.15) is 5.10 Å². The fourth-order valence-corrected chi connectivity index (χ4v) is 1.73. The van der Waals surface area contributed by atoms with Gasteiger partial charge in [-0.25, -0.2) is 4.68 Å². The number of nitrogens with one attached hydrogen (secondary N) is 1. The number of anilines is 1. The molecular formula is C11H17ClN4O2. The van der Waals surface area contributed by atoms with E-state index in [1.807, 2.05) is 13.8 Å². The van der Waals surface area contributed by atoms with Gasteiger partial charge < -0.3 is 11.1 Å². The first-order chi connectivity index (χ1) is 8.38. The second-order valence-electron chi connectivity index (χ2n) is 4.21. The van der Waals surface area contributed by atoms with Gasteiger partial charge in [0.1, 0.15) is 11.1 Å². The molecule has 0 saturated carbocycles. The molecule has 1 amide bonds. The lowest BCUT2D eigenvalue weighted by Gasteiger charge is -2.22. The summed E-state index contributed by atoms with van der Waals surface area (Å²) in [5, 5.41) is 6.73. The van der Waals surface area contributed by atoms with Gasteiger partial charge in [-0.3, -0.25) is 9.59 Å². The van der Waals surface area contributed by atoms with Crippen LogP contribution in [0, 0.1) is 5.92 Å². The summed E-state index contributed by atoms with van der Waals surface area (Å²) in [5.74, 6) is -0.455. The van der Waals surface area contributed by atoms with Crippen LogP contribution in [0.2, 0.25) is 5.02 Å². The molecule has 0 fully saturated rings. The van der Waals surface area contributed by atoms with Gasteiger partial charge in [-0.05, 0) is 5.92 Å². The third-order valence-electron chi connectivity index (χ3n) is 2.91. The smallest absolute Gasteiger partial charge is 0.287 e. The van der Waals surface area contributed by atoms with Crippen LogP contribution in [0.15, 0.2) is 11.0 Å². The molecule has 0 radical (unpaired) electrons. The molecule has 0 unspecified atom stereocenters. The molecule has 0 bridgehead atoms. The number of primary amides is 1. The zero-order chi connectivity index (χ0) is 13.9. The summed E-state index contributed by atoms with van der Waals surface area (Å²) < 4.78 is 1.12. The number of rotatable bonds is 5. The largest absolute Gasteiger partial charge is 0.371 e. The SMILES string of the molecule is CC[C@H](C)[C@@H](Nc1cnn(C)c(=O)c1Cl)C(N)=O. The van der Waals surface area contributed by atoms with Gasteiger partial charge in [0.05, 0.1) is 11.9 Å². The average Bonchev–Trinajstić information content (AvgIpc) is 2.34. The molecule has 100 valence electrons. The maximum absolute atomic E-state index is 11.6. The van der Waals surface area contributed by atoms with E-state index in [1.54, 1.807) is 0 Å². The van der Waals surface area contributed by atoms with Crippen LogP contribution in [0.25, 0.3) is 0 Å². The summed E-state index contributed by atoms with van der Waals surface area (Å²) in [6.07, 6.45) is 2.18. The lowest BCUT2D eigenvalue weighted by Crippen LogP contribution is -2.41. The van der Waals surface area contributed by atoms with Crippen LogP contribution < -0.4 is 16.6 Å². The number of aryl methyl sites for hydroxylation is 1. The van der Waals surface area contributed by atoms with Crippen molar-refractivity contribution in [3.05, 3.63) is 21.6 Å². The van der Waals surface area contributed by atoms with Gasteiger partial charge in [0, 0.05) is 7.05 Å². The van der Waals surface area contributed by atoms with E-state index in [-0.39, 0.29) is 10.9 Å². The molecule has 7 heteroatoms. The van der Waals surface area contributed by atoms with E-state index in [2.05, 4.69) is 10.4 Å². The molecule has 18 heavy (non-hydrogen) atoms. The molecule has 1 heterocycles. The van der Waals surface area contributed by atoms with E-state index in [0.717, 1.165) is 11.1 Å². The summed E-state index contributed by atoms with van der Waals surface area (Å²) in [4.78, 5) is 23.0. The number of carbonyl (C=O) groups is 1. The number of nitrogens with two attached hydrogens (primary N) is 1. The number of hydrogen-bond donors (Lipinski definition) is 2. The van der Waals surface area contributed by atoms with Crippen LogP contribution in [-0.4, -0.2) is 21.7 Å². The second-order valence-corrected chi connectivity index (χ2v) is 4.59. The molecule has 0 aliphatic rings. The first-order valence-corrected chi connectivity index (χ1v) is 6.03. The van der Waals surface area contributed by atoms with E-state index < -0.39 is 17.5 Å². The van der Waals surface area contributed by atoms with E-state index in [9.17, 15) is 9.59 Å². The highest BCUT2D eigenvalue weighted by molar-refractivity contribution is 6.33. The molecule has 1 aromatic heterocycles. The van der Waals surface area contributed by atoms with Crippen molar-refractivity contribution in [2.45, 2.75) is 26.3 Å². The Hall–Kier alpha value is -1.56. The summed E-state index contributed by atoms with van der Waals surface area (Å²) >= 11 is 5.91. The highest BCUT2D eigenvalue weighted by Gasteiger charge is 2.23. The van der Waals surface area contributed by atoms with Crippen LogP contribution in [0.4, 0.5) is 5.69 Å². The fraction of sp³-hybridized carbons (Fsp3) is 0.545. The third-order valence-corrected chi connectivity index (χ3v) is 3.27. The molecule has 0 aliphatic heterocycles. The third kappa shape index (κ3) is 3.01. The van der Waals surface area contributed by atoms with Crippen LogP contribution in [-0.2, 0) is 11.8 Å². The number of nitrogens with zero attached hydrogens (tertiary/aromatic N) is 2. The normalized spacial score (nSPS) is 14.0. The Morgan fingerprint density at radius 2 is 2.28 bits per heavy atom. The first kappa shape index (κ1) is 14.5. The van der Waals surface area contributed by atoms with E-state index in [4.69, 9.17) is 17.3 Å². The van der Waals surface area contributed by atoms with Crippen molar-refractivity contribution >= 4 is 23.2 Å². The van der Waals surface area contributed by atoms with Crippen molar-refractivity contribution in [2.24, 2.45) is 18.7 Å². The molecule has 0 aliphatic carbocycles. The van der Waals surface area contributed by atoms with Gasteiger partial charge >= 0.3 is 0 Å². The zero-order valence-electron chi connectivity index (χ0n) is 10.6. The molecule has 3 N–H and O–H groups in total. The lowest BCUT2D eigenvalue weighted by atomic mass is 9.98.